The van der Waals surface area contributed by atoms with Crippen LogP contribution in [0.2, 0.25) is 0 Å². The minimum absolute atomic E-state index is 0.389. The van der Waals surface area contributed by atoms with E-state index in [9.17, 15) is 0 Å². The maximum Gasteiger partial charge on any atom is 0.0996 e. The van der Waals surface area contributed by atoms with E-state index in [-0.39, 0.29) is 0 Å². The molecular formula is C4H7N3. The number of allylic oxidation sites excluding steroid dienone is 1. The van der Waals surface area contributed by atoms with Crippen LogP contribution in [-0.4, -0.2) is 11.9 Å². The molecule has 0 radical (unpaired) electrons. The highest BCUT2D eigenvalue weighted by Gasteiger charge is 1.77. The molecular weight excluding hydrogens is 90.1 g/mol. The lowest BCUT2D eigenvalue weighted by Crippen LogP contribution is -1.96. The van der Waals surface area contributed by atoms with E-state index in [1.54, 1.807) is 0 Å². The number of rotatable bonds is 2. The van der Waals surface area contributed by atoms with Crippen LogP contribution in [-0.2, 0) is 0 Å². The third-order valence-electron chi connectivity index (χ3n) is 0.506. The number of hydrogen-bond donors (Lipinski definition) is 2. The van der Waals surface area contributed by atoms with Gasteiger partial charge in [0.2, 0.25) is 0 Å². The van der Waals surface area contributed by atoms with Gasteiger partial charge < -0.3 is 11.3 Å². The van der Waals surface area contributed by atoms with Crippen LogP contribution in [0.3, 0.4) is 0 Å². The SMILES string of the molecule is C=CC(C=N)=NN. The van der Waals surface area contributed by atoms with Crippen LogP contribution >= 0.6 is 0 Å². The number of nitrogens with one attached hydrogen (secondary N) is 1. The van der Waals surface area contributed by atoms with Crippen LogP contribution in [0, 0.1) is 5.41 Å². The summed E-state index contributed by atoms with van der Waals surface area (Å²) in [6, 6.07) is 0. The van der Waals surface area contributed by atoms with Crippen molar-refractivity contribution < 1.29 is 0 Å². The molecule has 0 aliphatic carbocycles. The van der Waals surface area contributed by atoms with Crippen LogP contribution < -0.4 is 5.84 Å². The molecule has 0 spiro atoms. The van der Waals surface area contributed by atoms with Crippen molar-refractivity contribution >= 4 is 11.9 Å². The molecule has 7 heavy (non-hydrogen) atoms. The minimum atomic E-state index is 0.389. The van der Waals surface area contributed by atoms with Gasteiger partial charge in [0.05, 0.1) is 5.71 Å². The van der Waals surface area contributed by atoms with Crippen molar-refractivity contribution in [1.29, 1.82) is 5.41 Å². The van der Waals surface area contributed by atoms with Gasteiger partial charge in [0, 0.05) is 6.21 Å². The maximum absolute atomic E-state index is 6.55. The first-order chi connectivity index (χ1) is 3.35. The molecule has 0 saturated carbocycles. The molecule has 3 heteroatoms. The average Bonchev–Trinajstić information content (AvgIpc) is 1.72. The predicted molar refractivity (Wildman–Crippen MR) is 30.6 cm³/mol. The topological polar surface area (TPSA) is 62.2 Å². The second kappa shape index (κ2) is 3.08. The standard InChI is InChI=1S/C4H7N3/c1-2-4(3-5)7-6/h2-3,5H,1,6H2. The smallest absolute Gasteiger partial charge is 0.0996 e. The fourth-order valence-electron chi connectivity index (χ4n) is 0.149. The summed E-state index contributed by atoms with van der Waals surface area (Å²) in [7, 11) is 0. The van der Waals surface area contributed by atoms with Gasteiger partial charge in [-0.2, -0.15) is 5.10 Å². The quantitative estimate of drug-likeness (QED) is 0.287. The molecule has 0 heterocycles. The third-order valence-corrected chi connectivity index (χ3v) is 0.506. The van der Waals surface area contributed by atoms with E-state index in [1.807, 2.05) is 0 Å². The fraction of sp³-hybridized carbons (Fsp3) is 0. The zero-order valence-electron chi connectivity index (χ0n) is 3.89. The summed E-state index contributed by atoms with van der Waals surface area (Å²) in [5.41, 5.74) is 0.389. The van der Waals surface area contributed by atoms with E-state index < -0.39 is 0 Å². The molecule has 0 saturated heterocycles. The summed E-state index contributed by atoms with van der Waals surface area (Å²) < 4.78 is 0. The van der Waals surface area contributed by atoms with E-state index in [0.29, 0.717) is 5.71 Å². The van der Waals surface area contributed by atoms with Gasteiger partial charge in [0.25, 0.3) is 0 Å². The Balaban J connectivity index is 3.85. The van der Waals surface area contributed by atoms with Crippen molar-refractivity contribution in [2.45, 2.75) is 0 Å². The van der Waals surface area contributed by atoms with Crippen molar-refractivity contribution in [1.82, 2.24) is 0 Å². The zero-order valence-corrected chi connectivity index (χ0v) is 3.89. The van der Waals surface area contributed by atoms with Gasteiger partial charge in [-0.15, -0.1) is 0 Å². The molecule has 0 aromatic carbocycles. The summed E-state index contributed by atoms with van der Waals surface area (Å²) in [5, 5.41) is 9.73. The molecule has 0 atom stereocenters. The van der Waals surface area contributed by atoms with Gasteiger partial charge in [-0.25, -0.2) is 0 Å². The number of hydrazone groups is 1. The lowest BCUT2D eigenvalue weighted by Gasteiger charge is -1.79. The van der Waals surface area contributed by atoms with Crippen molar-refractivity contribution in [3.8, 4) is 0 Å². The Hall–Kier alpha value is -1.12. The molecule has 0 fully saturated rings. The summed E-state index contributed by atoms with van der Waals surface area (Å²) in [6.07, 6.45) is 2.44. The molecule has 0 bridgehead atoms. The lowest BCUT2D eigenvalue weighted by molar-refractivity contribution is 1.26. The highest BCUT2D eigenvalue weighted by molar-refractivity contribution is 6.34. The Labute approximate surface area is 42.0 Å². The molecule has 0 aromatic heterocycles. The van der Waals surface area contributed by atoms with Crippen LogP contribution in [0.4, 0.5) is 0 Å². The normalized spacial score (nSPS) is 10.6. The van der Waals surface area contributed by atoms with Gasteiger partial charge in [-0.05, 0) is 6.08 Å². The first kappa shape index (κ1) is 5.88. The third kappa shape index (κ3) is 1.70. The molecule has 0 amide bonds. The van der Waals surface area contributed by atoms with E-state index >= 15 is 0 Å². The minimum Gasteiger partial charge on any atom is -0.323 e. The van der Waals surface area contributed by atoms with Gasteiger partial charge >= 0.3 is 0 Å². The highest BCUT2D eigenvalue weighted by atomic mass is 15.1. The van der Waals surface area contributed by atoms with Crippen LogP contribution in [0.1, 0.15) is 0 Å². The summed E-state index contributed by atoms with van der Waals surface area (Å²) in [5.74, 6) is 4.76. The van der Waals surface area contributed by atoms with Crippen LogP contribution in [0.5, 0.6) is 0 Å². The van der Waals surface area contributed by atoms with Crippen LogP contribution in [0.25, 0.3) is 0 Å². The summed E-state index contributed by atoms with van der Waals surface area (Å²) >= 11 is 0. The van der Waals surface area contributed by atoms with E-state index in [0.717, 1.165) is 6.21 Å². The number of nitrogens with zero attached hydrogens (tertiary/aromatic N) is 1. The zero-order chi connectivity index (χ0) is 5.70. The first-order valence-corrected chi connectivity index (χ1v) is 1.76. The lowest BCUT2D eigenvalue weighted by atomic mass is 10.4. The molecule has 3 nitrogen and oxygen atoms in total. The molecule has 38 valence electrons. The molecule has 0 aliphatic heterocycles. The maximum atomic E-state index is 6.55. The van der Waals surface area contributed by atoms with Gasteiger partial charge in [-0.1, -0.05) is 6.58 Å². The van der Waals surface area contributed by atoms with Crippen LogP contribution in [0.15, 0.2) is 17.8 Å². The van der Waals surface area contributed by atoms with Gasteiger partial charge in [0.1, 0.15) is 0 Å². The predicted octanol–water partition coefficient (Wildman–Crippen LogP) is 0.137. The molecule has 0 aromatic rings. The van der Waals surface area contributed by atoms with E-state index in [4.69, 9.17) is 11.3 Å². The Morgan fingerprint density at radius 3 is 2.43 bits per heavy atom. The Kier molecular flexibility index (Phi) is 2.59. The average molecular weight is 97.1 g/mol. The second-order valence-corrected chi connectivity index (χ2v) is 0.902. The molecule has 0 unspecified atom stereocenters. The number of nitrogens with two attached hydrogens (primary N) is 1. The first-order valence-electron chi connectivity index (χ1n) is 1.76. The molecule has 0 rings (SSSR count). The van der Waals surface area contributed by atoms with Crippen molar-refractivity contribution in [2.24, 2.45) is 10.9 Å². The van der Waals surface area contributed by atoms with Gasteiger partial charge in [0.15, 0.2) is 0 Å². The van der Waals surface area contributed by atoms with Crippen molar-refractivity contribution in [2.75, 3.05) is 0 Å². The van der Waals surface area contributed by atoms with Gasteiger partial charge in [-0.3, -0.25) is 0 Å². The monoisotopic (exact) mass is 97.1 g/mol. The van der Waals surface area contributed by atoms with Crippen molar-refractivity contribution in [3.63, 3.8) is 0 Å². The molecule has 3 N–H and O–H groups in total. The number of hydrogen-bond acceptors (Lipinski definition) is 3. The molecule has 0 aliphatic rings. The fourth-order valence-corrected chi connectivity index (χ4v) is 0.149. The highest BCUT2D eigenvalue weighted by Crippen LogP contribution is 1.66. The largest absolute Gasteiger partial charge is 0.323 e. The van der Waals surface area contributed by atoms with E-state index in [1.165, 1.54) is 6.08 Å². The Morgan fingerprint density at radius 2 is 2.43 bits per heavy atom. The van der Waals surface area contributed by atoms with E-state index in [2.05, 4.69) is 11.7 Å². The summed E-state index contributed by atoms with van der Waals surface area (Å²) in [4.78, 5) is 0. The Bertz CT molecular complexity index is 93.5. The summed E-state index contributed by atoms with van der Waals surface area (Å²) in [6.45, 7) is 3.34. The van der Waals surface area contributed by atoms with Crippen molar-refractivity contribution in [3.05, 3.63) is 12.7 Å². The second-order valence-electron chi connectivity index (χ2n) is 0.902. The Morgan fingerprint density at radius 1 is 1.86 bits per heavy atom.